The Balaban J connectivity index is 1.16. The van der Waals surface area contributed by atoms with Crippen molar-refractivity contribution in [1.29, 1.82) is 0 Å². The van der Waals surface area contributed by atoms with Crippen LogP contribution in [0.3, 0.4) is 0 Å². The molecule has 162 valence electrons. The Morgan fingerprint density at radius 1 is 0.903 bits per heavy atom. The average molecular weight is 424 g/mol. The zero-order valence-electron chi connectivity index (χ0n) is 17.2. The number of hydrogen-bond donors (Lipinski definition) is 1. The zero-order chi connectivity index (χ0) is 21.8. The second kappa shape index (κ2) is 9.26. The van der Waals surface area contributed by atoms with Crippen LogP contribution in [0.5, 0.6) is 0 Å². The Hall–Kier alpha value is -3.26. The molecule has 2 aliphatic heterocycles. The zero-order valence-corrected chi connectivity index (χ0v) is 17.2. The predicted molar refractivity (Wildman–Crippen MR) is 114 cm³/mol. The fraction of sp³-hybridized carbons (Fsp3) is 0.348. The first-order valence-corrected chi connectivity index (χ1v) is 10.5. The van der Waals surface area contributed by atoms with Gasteiger partial charge >= 0.3 is 0 Å². The molecule has 2 aromatic carbocycles. The first kappa shape index (κ1) is 21.0. The van der Waals surface area contributed by atoms with Crippen LogP contribution in [0.4, 0.5) is 10.1 Å². The predicted octanol–water partition coefficient (Wildman–Crippen LogP) is 1.75. The Morgan fingerprint density at radius 3 is 2.16 bits per heavy atom. The minimum absolute atomic E-state index is 0.197. The van der Waals surface area contributed by atoms with E-state index in [1.54, 1.807) is 36.4 Å². The second-order valence-corrected chi connectivity index (χ2v) is 7.73. The van der Waals surface area contributed by atoms with Gasteiger partial charge in [-0.1, -0.05) is 24.3 Å². The van der Waals surface area contributed by atoms with Crippen LogP contribution >= 0.6 is 0 Å². The highest BCUT2D eigenvalue weighted by atomic mass is 19.1. The van der Waals surface area contributed by atoms with Gasteiger partial charge in [-0.3, -0.25) is 24.2 Å². The fourth-order valence-corrected chi connectivity index (χ4v) is 4.03. The van der Waals surface area contributed by atoms with Crippen LogP contribution < -0.4 is 10.2 Å². The molecule has 0 atom stereocenters. The Bertz CT molecular complexity index is 953. The smallest absolute Gasteiger partial charge is 0.262 e. The van der Waals surface area contributed by atoms with E-state index >= 15 is 0 Å². The maximum absolute atomic E-state index is 13.9. The van der Waals surface area contributed by atoms with Gasteiger partial charge in [-0.25, -0.2) is 4.39 Å². The standard InChI is InChI=1S/C23H25FN4O3/c24-19-8-3-4-9-20(19)27-14-12-26(13-15-27)11-5-10-25-21(29)16-28-22(30)17-6-1-2-7-18(17)23(28)31/h1-4,6-9H,5,10-16H2,(H,25,29). The number of para-hydroxylation sites is 1. The van der Waals surface area contributed by atoms with Crippen molar-refractivity contribution in [2.24, 2.45) is 0 Å². The molecule has 1 saturated heterocycles. The van der Waals surface area contributed by atoms with Crippen molar-refractivity contribution in [3.05, 3.63) is 65.5 Å². The van der Waals surface area contributed by atoms with E-state index in [1.165, 1.54) is 6.07 Å². The van der Waals surface area contributed by atoms with Gasteiger partial charge in [-0.05, 0) is 37.2 Å². The van der Waals surface area contributed by atoms with Crippen LogP contribution in [-0.4, -0.2) is 73.3 Å². The van der Waals surface area contributed by atoms with Crippen molar-refractivity contribution in [2.45, 2.75) is 6.42 Å². The monoisotopic (exact) mass is 424 g/mol. The molecule has 31 heavy (non-hydrogen) atoms. The van der Waals surface area contributed by atoms with Crippen molar-refractivity contribution in [3.63, 3.8) is 0 Å². The summed E-state index contributed by atoms with van der Waals surface area (Å²) in [5.74, 6) is -1.40. The van der Waals surface area contributed by atoms with Crippen LogP contribution in [-0.2, 0) is 4.79 Å². The van der Waals surface area contributed by atoms with E-state index in [0.29, 0.717) is 23.4 Å². The maximum atomic E-state index is 13.9. The first-order chi connectivity index (χ1) is 15.0. The lowest BCUT2D eigenvalue weighted by atomic mass is 10.1. The molecule has 0 bridgehead atoms. The summed E-state index contributed by atoms with van der Waals surface area (Å²) in [6.45, 7) is 4.19. The molecule has 0 aromatic heterocycles. The molecule has 1 N–H and O–H groups in total. The van der Waals surface area contributed by atoms with E-state index in [4.69, 9.17) is 0 Å². The minimum atomic E-state index is -0.427. The van der Waals surface area contributed by atoms with Crippen LogP contribution in [0.25, 0.3) is 0 Å². The quantitative estimate of drug-likeness (QED) is 0.542. The number of carbonyl (C=O) groups excluding carboxylic acids is 3. The summed E-state index contributed by atoms with van der Waals surface area (Å²) < 4.78 is 13.9. The maximum Gasteiger partial charge on any atom is 0.262 e. The number of anilines is 1. The minimum Gasteiger partial charge on any atom is -0.367 e. The number of rotatable bonds is 7. The van der Waals surface area contributed by atoms with E-state index in [-0.39, 0.29) is 18.3 Å². The Kier molecular flexibility index (Phi) is 6.27. The molecule has 0 spiro atoms. The van der Waals surface area contributed by atoms with Crippen LogP contribution in [0, 0.1) is 5.82 Å². The summed E-state index contributed by atoms with van der Waals surface area (Å²) in [5.41, 5.74) is 1.33. The van der Waals surface area contributed by atoms with E-state index in [9.17, 15) is 18.8 Å². The lowest BCUT2D eigenvalue weighted by molar-refractivity contribution is -0.121. The van der Waals surface area contributed by atoms with Gasteiger partial charge in [-0.2, -0.15) is 0 Å². The molecule has 2 aliphatic rings. The van der Waals surface area contributed by atoms with Gasteiger partial charge in [0.1, 0.15) is 12.4 Å². The summed E-state index contributed by atoms with van der Waals surface area (Å²) in [6, 6.07) is 13.4. The summed E-state index contributed by atoms with van der Waals surface area (Å²) in [4.78, 5) is 42.2. The van der Waals surface area contributed by atoms with Crippen molar-refractivity contribution < 1.29 is 18.8 Å². The van der Waals surface area contributed by atoms with Crippen LogP contribution in [0.2, 0.25) is 0 Å². The third-order valence-electron chi connectivity index (χ3n) is 5.72. The lowest BCUT2D eigenvalue weighted by Gasteiger charge is -2.36. The topological polar surface area (TPSA) is 73.0 Å². The van der Waals surface area contributed by atoms with Gasteiger partial charge < -0.3 is 10.2 Å². The number of fused-ring (bicyclic) bond motifs is 1. The molecule has 0 unspecified atom stereocenters. The molecule has 2 heterocycles. The molecule has 1 fully saturated rings. The molecule has 4 rings (SSSR count). The highest BCUT2D eigenvalue weighted by molar-refractivity contribution is 6.22. The van der Waals surface area contributed by atoms with Crippen molar-refractivity contribution in [2.75, 3.05) is 50.7 Å². The summed E-state index contributed by atoms with van der Waals surface area (Å²) in [6.07, 6.45) is 0.757. The second-order valence-electron chi connectivity index (χ2n) is 7.73. The third kappa shape index (κ3) is 4.59. The largest absolute Gasteiger partial charge is 0.367 e. The van der Waals surface area contributed by atoms with E-state index in [2.05, 4.69) is 15.1 Å². The Morgan fingerprint density at radius 2 is 1.52 bits per heavy atom. The van der Waals surface area contributed by atoms with E-state index in [1.807, 2.05) is 6.07 Å². The molecular formula is C23H25FN4O3. The van der Waals surface area contributed by atoms with Crippen molar-refractivity contribution in [3.8, 4) is 0 Å². The summed E-state index contributed by atoms with van der Waals surface area (Å²) in [7, 11) is 0. The molecular weight excluding hydrogens is 399 g/mol. The Labute approximate surface area is 180 Å². The number of nitrogens with one attached hydrogen (secondary N) is 1. The molecule has 2 aromatic rings. The highest BCUT2D eigenvalue weighted by Gasteiger charge is 2.36. The van der Waals surface area contributed by atoms with Gasteiger partial charge in [-0.15, -0.1) is 0 Å². The lowest BCUT2D eigenvalue weighted by Crippen LogP contribution is -2.47. The van der Waals surface area contributed by atoms with Gasteiger partial charge in [0.25, 0.3) is 11.8 Å². The number of nitrogens with zero attached hydrogens (tertiary/aromatic N) is 3. The number of benzene rings is 2. The molecule has 8 heteroatoms. The normalized spacial score (nSPS) is 16.5. The molecule has 0 aliphatic carbocycles. The van der Waals surface area contributed by atoms with E-state index < -0.39 is 11.8 Å². The number of carbonyl (C=O) groups is 3. The number of piperazine rings is 1. The summed E-state index contributed by atoms with van der Waals surface area (Å²) in [5, 5.41) is 2.79. The van der Waals surface area contributed by atoms with Gasteiger partial charge in [0.05, 0.1) is 16.8 Å². The van der Waals surface area contributed by atoms with Gasteiger partial charge in [0.15, 0.2) is 0 Å². The average Bonchev–Trinajstić information content (AvgIpc) is 3.03. The summed E-state index contributed by atoms with van der Waals surface area (Å²) >= 11 is 0. The van der Waals surface area contributed by atoms with Gasteiger partial charge in [0, 0.05) is 32.7 Å². The fourth-order valence-electron chi connectivity index (χ4n) is 4.03. The molecule has 3 amide bonds. The highest BCUT2D eigenvalue weighted by Crippen LogP contribution is 2.22. The number of imide groups is 1. The first-order valence-electron chi connectivity index (χ1n) is 10.5. The number of amides is 3. The molecule has 7 nitrogen and oxygen atoms in total. The van der Waals surface area contributed by atoms with Crippen molar-refractivity contribution in [1.82, 2.24) is 15.1 Å². The number of halogens is 1. The van der Waals surface area contributed by atoms with Crippen LogP contribution in [0.15, 0.2) is 48.5 Å². The number of hydrogen-bond acceptors (Lipinski definition) is 5. The molecule has 0 radical (unpaired) electrons. The van der Waals surface area contributed by atoms with Gasteiger partial charge in [0.2, 0.25) is 5.91 Å². The SMILES string of the molecule is O=C(CN1C(=O)c2ccccc2C1=O)NCCCN1CCN(c2ccccc2F)CC1. The third-order valence-corrected chi connectivity index (χ3v) is 5.72. The van der Waals surface area contributed by atoms with Crippen LogP contribution in [0.1, 0.15) is 27.1 Å². The van der Waals surface area contributed by atoms with Crippen molar-refractivity contribution >= 4 is 23.4 Å². The molecule has 0 saturated carbocycles. The van der Waals surface area contributed by atoms with E-state index in [0.717, 1.165) is 44.0 Å².